The highest BCUT2D eigenvalue weighted by molar-refractivity contribution is 7.09. The van der Waals surface area contributed by atoms with Gasteiger partial charge in [-0.2, -0.15) is 0 Å². The van der Waals surface area contributed by atoms with Crippen molar-refractivity contribution in [3.8, 4) is 17.2 Å². The highest BCUT2D eigenvalue weighted by atomic mass is 32.1. The van der Waals surface area contributed by atoms with Crippen molar-refractivity contribution >= 4 is 17.2 Å². The summed E-state index contributed by atoms with van der Waals surface area (Å²) in [5, 5.41) is 2.81. The number of amides is 1. The lowest BCUT2D eigenvalue weighted by Crippen LogP contribution is -2.35. The van der Waals surface area contributed by atoms with Crippen LogP contribution in [0.2, 0.25) is 0 Å². The van der Waals surface area contributed by atoms with Crippen LogP contribution in [0, 0.1) is 5.92 Å². The van der Waals surface area contributed by atoms with Gasteiger partial charge >= 0.3 is 0 Å². The lowest BCUT2D eigenvalue weighted by molar-refractivity contribution is -0.131. The van der Waals surface area contributed by atoms with Crippen LogP contribution >= 0.6 is 11.3 Å². The fourth-order valence-corrected chi connectivity index (χ4v) is 4.05. The van der Waals surface area contributed by atoms with Gasteiger partial charge in [0, 0.05) is 11.9 Å². The predicted octanol–water partition coefficient (Wildman–Crippen LogP) is 4.97. The maximum atomic E-state index is 13.0. The minimum Gasteiger partial charge on any atom is -0.493 e. The molecule has 0 saturated carbocycles. The van der Waals surface area contributed by atoms with Gasteiger partial charge in [-0.05, 0) is 23.6 Å². The van der Waals surface area contributed by atoms with Gasteiger partial charge in [-0.3, -0.25) is 4.79 Å². The van der Waals surface area contributed by atoms with Crippen molar-refractivity contribution in [3.63, 3.8) is 0 Å². The first-order valence-corrected chi connectivity index (χ1v) is 11.5. The van der Waals surface area contributed by atoms with Crippen LogP contribution in [0.5, 0.6) is 17.2 Å². The Bertz CT molecular complexity index is 982. The van der Waals surface area contributed by atoms with Crippen LogP contribution < -0.4 is 14.2 Å². The Hall–Kier alpha value is -3.06. The smallest absolute Gasteiger partial charge is 0.227 e. The molecular formula is C25H30N2O4S. The van der Waals surface area contributed by atoms with Crippen molar-refractivity contribution in [3.05, 3.63) is 70.2 Å². The van der Waals surface area contributed by atoms with Crippen molar-refractivity contribution in [2.45, 2.75) is 33.4 Å². The van der Waals surface area contributed by atoms with Crippen LogP contribution in [0.15, 0.2) is 53.9 Å². The number of carbonyl (C=O) groups excluding carboxylic acids is 1. The lowest BCUT2D eigenvalue weighted by Gasteiger charge is -2.24. The Morgan fingerprint density at radius 1 is 1.03 bits per heavy atom. The number of methoxy groups -OCH3 is 2. The van der Waals surface area contributed by atoms with Gasteiger partial charge in [0.15, 0.2) is 11.5 Å². The monoisotopic (exact) mass is 454 g/mol. The molecule has 0 saturated heterocycles. The topological polar surface area (TPSA) is 60.9 Å². The van der Waals surface area contributed by atoms with Crippen LogP contribution in [0.4, 0.5) is 0 Å². The Kier molecular flexibility index (Phi) is 8.50. The van der Waals surface area contributed by atoms with E-state index in [1.807, 2.05) is 58.8 Å². The average Bonchev–Trinajstić information content (AvgIpc) is 3.24. The van der Waals surface area contributed by atoms with Gasteiger partial charge in [0.1, 0.15) is 11.6 Å². The normalized spacial score (nSPS) is 10.8. The van der Waals surface area contributed by atoms with Gasteiger partial charge in [0.05, 0.1) is 32.9 Å². The highest BCUT2D eigenvalue weighted by Gasteiger charge is 2.18. The molecule has 1 heterocycles. The van der Waals surface area contributed by atoms with Crippen molar-refractivity contribution < 1.29 is 19.0 Å². The number of hydrogen-bond donors (Lipinski definition) is 0. The van der Waals surface area contributed by atoms with Crippen molar-refractivity contribution in [2.24, 2.45) is 5.92 Å². The van der Waals surface area contributed by atoms with Gasteiger partial charge in [0.2, 0.25) is 11.7 Å². The molecule has 0 spiro atoms. The number of thiazole rings is 1. The third-order valence-corrected chi connectivity index (χ3v) is 5.68. The average molecular weight is 455 g/mol. The number of benzene rings is 2. The van der Waals surface area contributed by atoms with Crippen LogP contribution in [0.25, 0.3) is 0 Å². The van der Waals surface area contributed by atoms with E-state index in [-0.39, 0.29) is 5.91 Å². The third kappa shape index (κ3) is 6.47. The van der Waals surface area contributed by atoms with E-state index in [4.69, 9.17) is 19.2 Å². The number of para-hydroxylation sites is 1. The summed E-state index contributed by atoms with van der Waals surface area (Å²) in [7, 11) is 3.19. The molecule has 0 N–H and O–H groups in total. The summed E-state index contributed by atoms with van der Waals surface area (Å²) in [5.41, 5.74) is 1.88. The molecular weight excluding hydrogens is 424 g/mol. The number of carbonyl (C=O) groups is 1. The Morgan fingerprint density at radius 2 is 1.72 bits per heavy atom. The summed E-state index contributed by atoms with van der Waals surface area (Å²) in [6, 6.07) is 15.3. The van der Waals surface area contributed by atoms with E-state index in [1.54, 1.807) is 14.2 Å². The van der Waals surface area contributed by atoms with Crippen LogP contribution in [0.3, 0.4) is 0 Å². The molecule has 0 aliphatic heterocycles. The molecule has 0 unspecified atom stereocenters. The summed E-state index contributed by atoms with van der Waals surface area (Å²) in [5.74, 6) is 2.24. The standard InChI is InChI=1S/C25H30N2O4S/c1-18(2)14-27(24(28)13-19-9-6-5-7-10-19)15-20-17-32-23(26-20)16-31-25-21(29-3)11-8-12-22(25)30-4/h5-12,17-18H,13-16H2,1-4H3. The Balaban J connectivity index is 1.66. The SMILES string of the molecule is COc1cccc(OC)c1OCc1nc(CN(CC(C)C)C(=O)Cc2ccccc2)cs1. The molecule has 0 aliphatic carbocycles. The first-order valence-electron chi connectivity index (χ1n) is 10.6. The molecule has 0 aliphatic rings. The molecule has 1 aromatic heterocycles. The second kappa shape index (κ2) is 11.5. The van der Waals surface area contributed by atoms with E-state index >= 15 is 0 Å². The predicted molar refractivity (Wildman–Crippen MR) is 126 cm³/mol. The molecule has 0 radical (unpaired) electrons. The molecule has 0 atom stereocenters. The van der Waals surface area contributed by atoms with E-state index in [0.29, 0.717) is 49.3 Å². The minimum absolute atomic E-state index is 0.106. The number of ether oxygens (including phenoxy) is 3. The second-order valence-corrected chi connectivity index (χ2v) is 8.79. The van der Waals surface area contributed by atoms with E-state index in [0.717, 1.165) is 16.3 Å². The van der Waals surface area contributed by atoms with Crippen molar-refractivity contribution in [2.75, 3.05) is 20.8 Å². The van der Waals surface area contributed by atoms with Gasteiger partial charge in [-0.15, -0.1) is 11.3 Å². The summed E-state index contributed by atoms with van der Waals surface area (Å²) in [4.78, 5) is 19.5. The summed E-state index contributed by atoms with van der Waals surface area (Å²) < 4.78 is 16.7. The molecule has 2 aromatic carbocycles. The van der Waals surface area contributed by atoms with E-state index < -0.39 is 0 Å². The molecule has 170 valence electrons. The largest absolute Gasteiger partial charge is 0.493 e. The zero-order valence-corrected chi connectivity index (χ0v) is 19.9. The molecule has 3 aromatic rings. The maximum Gasteiger partial charge on any atom is 0.227 e. The van der Waals surface area contributed by atoms with Crippen LogP contribution in [0.1, 0.15) is 30.1 Å². The van der Waals surface area contributed by atoms with Crippen LogP contribution in [-0.4, -0.2) is 36.6 Å². The third-order valence-electron chi connectivity index (χ3n) is 4.81. The quantitative estimate of drug-likeness (QED) is 0.410. The van der Waals surface area contributed by atoms with Gasteiger partial charge in [-0.1, -0.05) is 50.2 Å². The Labute approximate surface area is 193 Å². The van der Waals surface area contributed by atoms with E-state index in [1.165, 1.54) is 11.3 Å². The zero-order chi connectivity index (χ0) is 22.9. The lowest BCUT2D eigenvalue weighted by atomic mass is 10.1. The minimum atomic E-state index is 0.106. The number of aromatic nitrogens is 1. The van der Waals surface area contributed by atoms with Crippen LogP contribution in [-0.2, 0) is 24.4 Å². The van der Waals surface area contributed by atoms with E-state index in [9.17, 15) is 4.79 Å². The molecule has 3 rings (SSSR count). The Morgan fingerprint density at radius 3 is 2.34 bits per heavy atom. The van der Waals surface area contributed by atoms with Gasteiger partial charge in [-0.25, -0.2) is 4.98 Å². The maximum absolute atomic E-state index is 13.0. The molecule has 32 heavy (non-hydrogen) atoms. The molecule has 0 bridgehead atoms. The number of nitrogens with zero attached hydrogens (tertiary/aromatic N) is 2. The molecule has 1 amide bonds. The van der Waals surface area contributed by atoms with Crippen molar-refractivity contribution in [1.82, 2.24) is 9.88 Å². The van der Waals surface area contributed by atoms with Gasteiger partial charge < -0.3 is 19.1 Å². The zero-order valence-electron chi connectivity index (χ0n) is 19.0. The summed E-state index contributed by atoms with van der Waals surface area (Å²) >= 11 is 1.52. The van der Waals surface area contributed by atoms with Crippen molar-refractivity contribution in [1.29, 1.82) is 0 Å². The fourth-order valence-electron chi connectivity index (χ4n) is 3.35. The number of hydrogen-bond acceptors (Lipinski definition) is 6. The van der Waals surface area contributed by atoms with Gasteiger partial charge in [0.25, 0.3) is 0 Å². The fraction of sp³-hybridized carbons (Fsp3) is 0.360. The second-order valence-electron chi connectivity index (χ2n) is 7.84. The summed E-state index contributed by atoms with van der Waals surface area (Å²) in [6.45, 7) is 5.70. The number of rotatable bonds is 11. The summed E-state index contributed by atoms with van der Waals surface area (Å²) in [6.07, 6.45) is 0.390. The first kappa shape index (κ1) is 23.6. The molecule has 7 heteroatoms. The first-order chi connectivity index (χ1) is 15.5. The molecule has 6 nitrogen and oxygen atoms in total. The highest BCUT2D eigenvalue weighted by Crippen LogP contribution is 2.37. The molecule has 0 fully saturated rings. The van der Waals surface area contributed by atoms with E-state index in [2.05, 4.69) is 13.8 Å².